The van der Waals surface area contributed by atoms with Gasteiger partial charge in [0.1, 0.15) is 12.3 Å². The number of benzene rings is 1. The lowest BCUT2D eigenvalue weighted by Crippen LogP contribution is -2.54. The summed E-state index contributed by atoms with van der Waals surface area (Å²) in [5.41, 5.74) is 0.563. The van der Waals surface area contributed by atoms with E-state index in [4.69, 9.17) is 0 Å². The lowest BCUT2D eigenvalue weighted by molar-refractivity contribution is -0.136. The van der Waals surface area contributed by atoms with Gasteiger partial charge in [-0.1, -0.05) is 18.2 Å². The summed E-state index contributed by atoms with van der Waals surface area (Å²) in [6, 6.07) is 8.43. The SMILES string of the molecule is CN(C(=O)c1ccccc1)[C@@H](CCCC=O)C(=O)N1CCNCC1. The number of carbonyl (C=O) groups is 3. The van der Waals surface area contributed by atoms with Crippen molar-refractivity contribution in [2.45, 2.75) is 25.3 Å². The second kappa shape index (κ2) is 9.17. The first-order valence-corrected chi connectivity index (χ1v) is 8.40. The van der Waals surface area contributed by atoms with Crippen molar-refractivity contribution in [1.82, 2.24) is 15.1 Å². The number of unbranched alkanes of at least 4 members (excludes halogenated alkanes) is 1. The number of hydrogen-bond acceptors (Lipinski definition) is 4. The van der Waals surface area contributed by atoms with Gasteiger partial charge in [0, 0.05) is 45.2 Å². The lowest BCUT2D eigenvalue weighted by Gasteiger charge is -2.34. The predicted molar refractivity (Wildman–Crippen MR) is 91.7 cm³/mol. The lowest BCUT2D eigenvalue weighted by atomic mass is 10.0. The van der Waals surface area contributed by atoms with E-state index in [9.17, 15) is 14.4 Å². The summed E-state index contributed by atoms with van der Waals surface area (Å²) in [5, 5.41) is 3.22. The van der Waals surface area contributed by atoms with Crippen molar-refractivity contribution >= 4 is 18.1 Å². The molecule has 1 aromatic carbocycles. The van der Waals surface area contributed by atoms with Crippen molar-refractivity contribution in [3.8, 4) is 0 Å². The molecule has 1 aromatic rings. The van der Waals surface area contributed by atoms with Crippen LogP contribution in [0.4, 0.5) is 0 Å². The fourth-order valence-corrected chi connectivity index (χ4v) is 2.90. The molecule has 0 saturated carbocycles. The zero-order valence-electron chi connectivity index (χ0n) is 14.1. The van der Waals surface area contributed by atoms with Gasteiger partial charge in [0.15, 0.2) is 0 Å². The van der Waals surface area contributed by atoms with Crippen LogP contribution in [0.5, 0.6) is 0 Å². The molecule has 2 rings (SSSR count). The van der Waals surface area contributed by atoms with Crippen LogP contribution >= 0.6 is 0 Å². The third kappa shape index (κ3) is 4.64. The van der Waals surface area contributed by atoms with Crippen molar-refractivity contribution in [2.75, 3.05) is 33.2 Å². The fraction of sp³-hybridized carbons (Fsp3) is 0.500. The van der Waals surface area contributed by atoms with Crippen LogP contribution in [0.2, 0.25) is 0 Å². The van der Waals surface area contributed by atoms with E-state index in [0.29, 0.717) is 37.9 Å². The van der Waals surface area contributed by atoms with Crippen LogP contribution in [0.3, 0.4) is 0 Å². The highest BCUT2D eigenvalue weighted by atomic mass is 16.2. The number of amides is 2. The first kappa shape index (κ1) is 18.1. The largest absolute Gasteiger partial charge is 0.338 e. The number of nitrogens with one attached hydrogen (secondary N) is 1. The molecule has 0 bridgehead atoms. The van der Waals surface area contributed by atoms with E-state index in [-0.39, 0.29) is 11.8 Å². The van der Waals surface area contributed by atoms with Crippen molar-refractivity contribution in [3.05, 3.63) is 35.9 Å². The van der Waals surface area contributed by atoms with E-state index in [1.807, 2.05) is 6.07 Å². The molecule has 1 heterocycles. The molecule has 0 spiro atoms. The number of carbonyl (C=O) groups excluding carboxylic acids is 3. The molecule has 1 fully saturated rings. The minimum absolute atomic E-state index is 0.0332. The molecule has 0 aliphatic carbocycles. The highest BCUT2D eigenvalue weighted by Gasteiger charge is 2.31. The average Bonchev–Trinajstić information content (AvgIpc) is 2.65. The molecule has 24 heavy (non-hydrogen) atoms. The monoisotopic (exact) mass is 331 g/mol. The van der Waals surface area contributed by atoms with E-state index in [1.165, 1.54) is 4.90 Å². The van der Waals surface area contributed by atoms with Gasteiger partial charge in [0.25, 0.3) is 5.91 Å². The average molecular weight is 331 g/mol. The van der Waals surface area contributed by atoms with E-state index in [1.54, 1.807) is 36.2 Å². The molecule has 6 nitrogen and oxygen atoms in total. The summed E-state index contributed by atoms with van der Waals surface area (Å²) >= 11 is 0. The standard InChI is InChI=1S/C18H25N3O3/c1-20(17(23)15-7-3-2-4-8-15)16(9-5-6-14-22)18(24)21-12-10-19-11-13-21/h2-4,7-8,14,16,19H,5-6,9-13H2,1H3/t16-/m0/s1. The number of piperazine rings is 1. The van der Waals surface area contributed by atoms with E-state index in [2.05, 4.69) is 5.32 Å². The molecule has 2 amide bonds. The molecule has 0 aromatic heterocycles. The van der Waals surface area contributed by atoms with Crippen molar-refractivity contribution < 1.29 is 14.4 Å². The highest BCUT2D eigenvalue weighted by molar-refractivity contribution is 5.97. The number of likely N-dealkylation sites (N-methyl/N-ethyl adjacent to an activating group) is 1. The number of aldehydes is 1. The van der Waals surface area contributed by atoms with Crippen LogP contribution in [0.15, 0.2) is 30.3 Å². The van der Waals surface area contributed by atoms with Crippen LogP contribution in [-0.2, 0) is 9.59 Å². The maximum absolute atomic E-state index is 12.9. The Morgan fingerprint density at radius 3 is 2.54 bits per heavy atom. The second-order valence-electron chi connectivity index (χ2n) is 5.97. The van der Waals surface area contributed by atoms with Crippen LogP contribution in [0.1, 0.15) is 29.6 Å². The van der Waals surface area contributed by atoms with Gasteiger partial charge in [-0.05, 0) is 25.0 Å². The smallest absolute Gasteiger partial charge is 0.254 e. The Morgan fingerprint density at radius 2 is 1.92 bits per heavy atom. The summed E-state index contributed by atoms with van der Waals surface area (Å²) in [4.78, 5) is 39.5. The number of nitrogens with zero attached hydrogens (tertiary/aromatic N) is 2. The normalized spacial score (nSPS) is 15.6. The topological polar surface area (TPSA) is 69.7 Å². The molecule has 1 aliphatic heterocycles. The van der Waals surface area contributed by atoms with Gasteiger partial charge in [-0.25, -0.2) is 0 Å². The third-order valence-electron chi connectivity index (χ3n) is 4.32. The zero-order valence-corrected chi connectivity index (χ0v) is 14.1. The molecule has 1 atom stereocenters. The van der Waals surface area contributed by atoms with E-state index >= 15 is 0 Å². The van der Waals surface area contributed by atoms with Gasteiger partial charge in [-0.2, -0.15) is 0 Å². The number of rotatable bonds is 7. The molecule has 1 N–H and O–H groups in total. The summed E-state index contributed by atoms with van der Waals surface area (Å²) < 4.78 is 0. The first-order chi connectivity index (χ1) is 11.6. The highest BCUT2D eigenvalue weighted by Crippen LogP contribution is 2.15. The zero-order chi connectivity index (χ0) is 17.4. The maximum Gasteiger partial charge on any atom is 0.254 e. The van der Waals surface area contributed by atoms with Crippen molar-refractivity contribution in [2.24, 2.45) is 0 Å². The Bertz CT molecular complexity index is 556. The second-order valence-corrected chi connectivity index (χ2v) is 5.97. The fourth-order valence-electron chi connectivity index (χ4n) is 2.90. The molecular weight excluding hydrogens is 306 g/mol. The summed E-state index contributed by atoms with van der Waals surface area (Å²) in [7, 11) is 1.67. The minimum Gasteiger partial charge on any atom is -0.338 e. The molecule has 6 heteroatoms. The van der Waals surface area contributed by atoms with Gasteiger partial charge < -0.3 is 19.9 Å². The maximum atomic E-state index is 12.9. The van der Waals surface area contributed by atoms with Crippen molar-refractivity contribution in [1.29, 1.82) is 0 Å². The van der Waals surface area contributed by atoms with Crippen LogP contribution in [0.25, 0.3) is 0 Å². The Hall–Kier alpha value is -2.21. The van der Waals surface area contributed by atoms with Gasteiger partial charge in [-0.3, -0.25) is 9.59 Å². The summed E-state index contributed by atoms with van der Waals surface area (Å²) in [6.07, 6.45) is 2.35. The Balaban J connectivity index is 2.12. The van der Waals surface area contributed by atoms with Gasteiger partial charge in [-0.15, -0.1) is 0 Å². The quantitative estimate of drug-likeness (QED) is 0.596. The molecule has 0 unspecified atom stereocenters. The molecule has 0 radical (unpaired) electrons. The minimum atomic E-state index is -0.532. The van der Waals surface area contributed by atoms with Gasteiger partial charge in [0.2, 0.25) is 5.91 Å². The van der Waals surface area contributed by atoms with Gasteiger partial charge >= 0.3 is 0 Å². The Kier molecular flexibility index (Phi) is 6.93. The molecule has 1 saturated heterocycles. The Morgan fingerprint density at radius 1 is 1.25 bits per heavy atom. The molecule has 130 valence electrons. The Labute approximate surface area is 142 Å². The van der Waals surface area contributed by atoms with Crippen LogP contribution in [-0.4, -0.2) is 67.2 Å². The molecule has 1 aliphatic rings. The third-order valence-corrected chi connectivity index (χ3v) is 4.32. The number of hydrogen-bond donors (Lipinski definition) is 1. The molecular formula is C18H25N3O3. The van der Waals surface area contributed by atoms with E-state index < -0.39 is 6.04 Å². The summed E-state index contributed by atoms with van der Waals surface area (Å²) in [5.74, 6) is -0.204. The van der Waals surface area contributed by atoms with Crippen LogP contribution < -0.4 is 5.32 Å². The summed E-state index contributed by atoms with van der Waals surface area (Å²) in [6.45, 7) is 2.83. The van der Waals surface area contributed by atoms with Gasteiger partial charge in [0.05, 0.1) is 0 Å². The van der Waals surface area contributed by atoms with Crippen LogP contribution in [0, 0.1) is 0 Å². The van der Waals surface area contributed by atoms with E-state index in [0.717, 1.165) is 19.4 Å². The van der Waals surface area contributed by atoms with Crippen molar-refractivity contribution in [3.63, 3.8) is 0 Å². The first-order valence-electron chi connectivity index (χ1n) is 8.40. The predicted octanol–water partition coefficient (Wildman–Crippen LogP) is 0.928.